The fourth-order valence-electron chi connectivity index (χ4n) is 4.57. The zero-order chi connectivity index (χ0) is 22.3. The Labute approximate surface area is 186 Å². The molecular formula is C24H26N6O2. The molecule has 1 fully saturated rings. The minimum Gasteiger partial charge on any atom is -0.480 e. The van der Waals surface area contributed by atoms with Crippen molar-refractivity contribution in [3.05, 3.63) is 77.4 Å². The lowest BCUT2D eigenvalue weighted by atomic mass is 9.70. The smallest absolute Gasteiger partial charge is 0.274 e. The molecule has 0 saturated carbocycles. The van der Waals surface area contributed by atoms with Gasteiger partial charge in [-0.25, -0.2) is 9.50 Å². The number of likely N-dealkylation sites (tertiary alicyclic amines) is 1. The van der Waals surface area contributed by atoms with Gasteiger partial charge in [-0.3, -0.25) is 9.48 Å². The molecule has 4 aromatic rings. The summed E-state index contributed by atoms with van der Waals surface area (Å²) in [5, 5.41) is 8.86. The molecule has 4 heterocycles. The Balaban J connectivity index is 1.49. The number of imidazole rings is 1. The fourth-order valence-corrected chi connectivity index (χ4v) is 4.57. The van der Waals surface area contributed by atoms with Gasteiger partial charge in [-0.1, -0.05) is 30.3 Å². The minimum atomic E-state index is -0.293. The number of piperidine rings is 1. The van der Waals surface area contributed by atoms with Gasteiger partial charge in [-0.15, -0.1) is 5.10 Å². The van der Waals surface area contributed by atoms with Gasteiger partial charge in [0, 0.05) is 37.3 Å². The summed E-state index contributed by atoms with van der Waals surface area (Å²) < 4.78 is 8.78. The number of ether oxygens (including phenoxy) is 1. The molecule has 0 atom stereocenters. The van der Waals surface area contributed by atoms with Gasteiger partial charge in [-0.2, -0.15) is 5.10 Å². The van der Waals surface area contributed by atoms with Crippen LogP contribution in [0, 0.1) is 6.92 Å². The van der Waals surface area contributed by atoms with Gasteiger partial charge >= 0.3 is 0 Å². The summed E-state index contributed by atoms with van der Waals surface area (Å²) >= 11 is 0. The number of methoxy groups -OCH3 is 1. The van der Waals surface area contributed by atoms with Gasteiger partial charge in [-0.05, 0) is 37.5 Å². The molecule has 0 unspecified atom stereocenters. The van der Waals surface area contributed by atoms with Gasteiger partial charge in [0.25, 0.3) is 5.91 Å². The Morgan fingerprint density at radius 1 is 1.06 bits per heavy atom. The maximum absolute atomic E-state index is 13.1. The number of rotatable bonds is 4. The lowest BCUT2D eigenvalue weighted by molar-refractivity contribution is 0.0677. The number of aromatic nitrogens is 5. The van der Waals surface area contributed by atoms with Crippen LogP contribution in [0.25, 0.3) is 5.65 Å². The van der Waals surface area contributed by atoms with Crippen LogP contribution < -0.4 is 4.74 Å². The lowest BCUT2D eigenvalue weighted by Gasteiger charge is -2.41. The quantitative estimate of drug-likeness (QED) is 0.497. The molecule has 0 radical (unpaired) electrons. The van der Waals surface area contributed by atoms with Crippen LogP contribution in [-0.4, -0.2) is 55.4 Å². The summed E-state index contributed by atoms with van der Waals surface area (Å²) in [5.74, 6) is 0.526. The minimum absolute atomic E-state index is 0.0169. The summed E-state index contributed by atoms with van der Waals surface area (Å²) in [7, 11) is 3.46. The number of benzene rings is 1. The SMILES string of the molecule is COc1ccc2nc(C3(c4ccccc4)CCN(C(=O)c4cc(C)n(C)n4)CC3)cn2n1. The van der Waals surface area contributed by atoms with Gasteiger partial charge in [0.15, 0.2) is 11.3 Å². The van der Waals surface area contributed by atoms with E-state index in [9.17, 15) is 4.79 Å². The molecule has 1 saturated heterocycles. The molecule has 32 heavy (non-hydrogen) atoms. The standard InChI is InChI=1S/C24H26N6O2/c1-17-15-19(26-28(17)2)23(31)29-13-11-24(12-14-29,18-7-5-4-6-8-18)20-16-30-21(25-20)9-10-22(27-30)32-3/h4-10,15-16H,11-14H2,1-3H3. The number of hydrogen-bond acceptors (Lipinski definition) is 5. The van der Waals surface area contributed by atoms with Gasteiger partial charge in [0.2, 0.25) is 5.88 Å². The Kier molecular flexibility index (Phi) is 4.92. The van der Waals surface area contributed by atoms with Crippen molar-refractivity contribution in [3.63, 3.8) is 0 Å². The summed E-state index contributed by atoms with van der Waals surface area (Å²) in [6, 6.07) is 16.0. The number of hydrogen-bond donors (Lipinski definition) is 0. The molecule has 1 amide bonds. The first-order valence-electron chi connectivity index (χ1n) is 10.8. The second-order valence-electron chi connectivity index (χ2n) is 8.34. The van der Waals surface area contributed by atoms with E-state index in [1.165, 1.54) is 5.56 Å². The molecule has 1 aliphatic heterocycles. The number of carbonyl (C=O) groups is 1. The third kappa shape index (κ3) is 3.32. The van der Waals surface area contributed by atoms with Crippen LogP contribution in [0.1, 0.15) is 40.3 Å². The van der Waals surface area contributed by atoms with Crippen molar-refractivity contribution in [1.29, 1.82) is 0 Å². The normalized spacial score (nSPS) is 15.8. The highest BCUT2D eigenvalue weighted by Gasteiger charge is 2.41. The van der Waals surface area contributed by atoms with Crippen LogP contribution in [0.15, 0.2) is 54.7 Å². The number of amides is 1. The van der Waals surface area contributed by atoms with Gasteiger partial charge in [0.05, 0.1) is 19.0 Å². The average molecular weight is 431 g/mol. The highest BCUT2D eigenvalue weighted by molar-refractivity contribution is 5.92. The summed E-state index contributed by atoms with van der Waals surface area (Å²) in [6.07, 6.45) is 3.54. The van der Waals surface area contributed by atoms with Crippen LogP contribution in [-0.2, 0) is 12.5 Å². The lowest BCUT2D eigenvalue weighted by Crippen LogP contribution is -2.46. The number of carbonyl (C=O) groups excluding carboxylic acids is 1. The van der Waals surface area contributed by atoms with Crippen molar-refractivity contribution in [1.82, 2.24) is 29.3 Å². The van der Waals surface area contributed by atoms with E-state index in [1.54, 1.807) is 16.3 Å². The predicted molar refractivity (Wildman–Crippen MR) is 120 cm³/mol. The summed E-state index contributed by atoms with van der Waals surface area (Å²) in [5.41, 5.74) is 4.12. The van der Waals surface area contributed by atoms with E-state index >= 15 is 0 Å². The van der Waals surface area contributed by atoms with Crippen molar-refractivity contribution < 1.29 is 9.53 Å². The van der Waals surface area contributed by atoms with Crippen LogP contribution in [0.2, 0.25) is 0 Å². The number of fused-ring (bicyclic) bond motifs is 1. The molecule has 8 heteroatoms. The zero-order valence-corrected chi connectivity index (χ0v) is 18.5. The summed E-state index contributed by atoms with van der Waals surface area (Å²) in [6.45, 7) is 3.22. The van der Waals surface area contributed by atoms with Crippen molar-refractivity contribution in [2.75, 3.05) is 20.2 Å². The molecule has 8 nitrogen and oxygen atoms in total. The number of aryl methyl sites for hydroxylation is 2. The Morgan fingerprint density at radius 2 is 1.81 bits per heavy atom. The maximum Gasteiger partial charge on any atom is 0.274 e. The van der Waals surface area contributed by atoms with E-state index in [2.05, 4.69) is 34.5 Å². The highest BCUT2D eigenvalue weighted by Crippen LogP contribution is 2.41. The second kappa shape index (κ2) is 7.78. The molecule has 0 bridgehead atoms. The first kappa shape index (κ1) is 20.2. The van der Waals surface area contributed by atoms with Gasteiger partial charge in [0.1, 0.15) is 0 Å². The Hall–Kier alpha value is -3.68. The molecule has 5 rings (SSSR count). The van der Waals surface area contributed by atoms with Gasteiger partial charge < -0.3 is 9.64 Å². The molecule has 3 aromatic heterocycles. The van der Waals surface area contributed by atoms with E-state index in [0.29, 0.717) is 24.7 Å². The van der Waals surface area contributed by atoms with Crippen molar-refractivity contribution in [2.45, 2.75) is 25.2 Å². The van der Waals surface area contributed by atoms with E-state index in [4.69, 9.17) is 9.72 Å². The largest absolute Gasteiger partial charge is 0.480 e. The fraction of sp³-hybridized carbons (Fsp3) is 0.333. The third-order valence-electron chi connectivity index (χ3n) is 6.56. The molecule has 1 aromatic carbocycles. The van der Waals surface area contributed by atoms with E-state index in [1.807, 2.05) is 49.3 Å². The first-order valence-corrected chi connectivity index (χ1v) is 10.8. The highest BCUT2D eigenvalue weighted by atomic mass is 16.5. The van der Waals surface area contributed by atoms with E-state index in [-0.39, 0.29) is 11.3 Å². The van der Waals surface area contributed by atoms with Crippen molar-refractivity contribution in [3.8, 4) is 5.88 Å². The van der Waals surface area contributed by atoms with Crippen LogP contribution in [0.3, 0.4) is 0 Å². The van der Waals surface area contributed by atoms with Crippen molar-refractivity contribution >= 4 is 11.6 Å². The Bertz CT molecular complexity index is 1250. The van der Waals surface area contributed by atoms with E-state index < -0.39 is 0 Å². The van der Waals surface area contributed by atoms with Crippen LogP contribution in [0.4, 0.5) is 0 Å². The predicted octanol–water partition coefficient (Wildman–Crippen LogP) is 3.00. The average Bonchev–Trinajstić information content (AvgIpc) is 3.41. The third-order valence-corrected chi connectivity index (χ3v) is 6.56. The van der Waals surface area contributed by atoms with Crippen LogP contribution >= 0.6 is 0 Å². The second-order valence-corrected chi connectivity index (χ2v) is 8.34. The van der Waals surface area contributed by atoms with Crippen molar-refractivity contribution in [2.24, 2.45) is 7.05 Å². The van der Waals surface area contributed by atoms with E-state index in [0.717, 1.165) is 29.9 Å². The number of nitrogens with zero attached hydrogens (tertiary/aromatic N) is 6. The molecule has 0 spiro atoms. The van der Waals surface area contributed by atoms with Crippen LogP contribution in [0.5, 0.6) is 5.88 Å². The molecule has 0 aliphatic carbocycles. The topological polar surface area (TPSA) is 77.5 Å². The summed E-state index contributed by atoms with van der Waals surface area (Å²) in [4.78, 5) is 19.9. The molecule has 1 aliphatic rings. The zero-order valence-electron chi connectivity index (χ0n) is 18.5. The monoisotopic (exact) mass is 430 g/mol. The molecule has 0 N–H and O–H groups in total. The Morgan fingerprint density at radius 3 is 2.47 bits per heavy atom. The molecule has 164 valence electrons. The molecular weight excluding hydrogens is 404 g/mol. The maximum atomic E-state index is 13.1. The first-order chi connectivity index (χ1) is 15.5.